The van der Waals surface area contributed by atoms with Gasteiger partial charge in [0, 0.05) is 0 Å². The van der Waals surface area contributed by atoms with E-state index in [-0.39, 0.29) is 6.10 Å². The van der Waals surface area contributed by atoms with E-state index in [9.17, 15) is 0 Å². The predicted molar refractivity (Wildman–Crippen MR) is 57.8 cm³/mol. The molecule has 0 bridgehead atoms. The van der Waals surface area contributed by atoms with Crippen molar-refractivity contribution < 1.29 is 5.11 Å². The molecule has 2 heteroatoms. The molecule has 2 nitrogen and oxygen atoms in total. The zero-order chi connectivity index (χ0) is 10.3. The van der Waals surface area contributed by atoms with Crippen LogP contribution in [-0.4, -0.2) is 24.3 Å². The van der Waals surface area contributed by atoms with Crippen molar-refractivity contribution in [2.75, 3.05) is 13.1 Å². The van der Waals surface area contributed by atoms with E-state index in [1.54, 1.807) is 0 Å². The average molecular weight is 187 g/mol. The SMILES string of the molecule is CCC(C)CNCC(C)CC(C)O. The van der Waals surface area contributed by atoms with Crippen LogP contribution in [0.2, 0.25) is 0 Å². The number of nitrogens with one attached hydrogen (secondary N) is 1. The Kier molecular flexibility index (Phi) is 7.29. The van der Waals surface area contributed by atoms with Crippen molar-refractivity contribution in [3.63, 3.8) is 0 Å². The molecule has 0 aliphatic carbocycles. The zero-order valence-electron chi connectivity index (χ0n) is 9.51. The van der Waals surface area contributed by atoms with Gasteiger partial charge in [0.05, 0.1) is 6.10 Å². The minimum Gasteiger partial charge on any atom is -0.393 e. The monoisotopic (exact) mass is 187 g/mol. The molecule has 0 saturated heterocycles. The highest BCUT2D eigenvalue weighted by atomic mass is 16.3. The second-order valence-electron chi connectivity index (χ2n) is 4.36. The van der Waals surface area contributed by atoms with Gasteiger partial charge in [0.1, 0.15) is 0 Å². The molecule has 0 radical (unpaired) electrons. The third-order valence-corrected chi connectivity index (χ3v) is 2.43. The Labute approximate surface area is 82.7 Å². The Balaban J connectivity index is 3.31. The van der Waals surface area contributed by atoms with Crippen LogP contribution in [0.5, 0.6) is 0 Å². The van der Waals surface area contributed by atoms with Crippen LogP contribution in [0.1, 0.15) is 40.5 Å². The van der Waals surface area contributed by atoms with Gasteiger partial charge in [-0.2, -0.15) is 0 Å². The molecular formula is C11H25NO. The molecule has 0 heterocycles. The maximum Gasteiger partial charge on any atom is 0.0515 e. The van der Waals surface area contributed by atoms with E-state index in [0.29, 0.717) is 5.92 Å². The summed E-state index contributed by atoms with van der Waals surface area (Å²) in [6.45, 7) is 10.6. The summed E-state index contributed by atoms with van der Waals surface area (Å²) in [6.07, 6.45) is 1.96. The third kappa shape index (κ3) is 8.26. The molecule has 0 amide bonds. The van der Waals surface area contributed by atoms with Crippen molar-refractivity contribution in [1.29, 1.82) is 0 Å². The number of rotatable bonds is 7. The smallest absolute Gasteiger partial charge is 0.0515 e. The number of aliphatic hydroxyl groups is 1. The molecule has 0 rings (SSSR count). The molecule has 0 saturated carbocycles. The van der Waals surface area contributed by atoms with Crippen molar-refractivity contribution in [2.24, 2.45) is 11.8 Å². The molecule has 0 aromatic rings. The van der Waals surface area contributed by atoms with Gasteiger partial charge in [-0.05, 0) is 38.3 Å². The average Bonchev–Trinajstić information content (AvgIpc) is 2.02. The normalized spacial score (nSPS) is 18.2. The highest BCUT2D eigenvalue weighted by molar-refractivity contribution is 4.62. The lowest BCUT2D eigenvalue weighted by Crippen LogP contribution is -2.27. The summed E-state index contributed by atoms with van der Waals surface area (Å²) in [7, 11) is 0. The maximum atomic E-state index is 9.15. The van der Waals surface area contributed by atoms with Gasteiger partial charge in [-0.1, -0.05) is 27.2 Å². The van der Waals surface area contributed by atoms with E-state index in [4.69, 9.17) is 5.11 Å². The fraction of sp³-hybridized carbons (Fsp3) is 1.00. The summed E-state index contributed by atoms with van der Waals surface area (Å²) in [5.74, 6) is 1.34. The number of hydrogen-bond donors (Lipinski definition) is 2. The second-order valence-corrected chi connectivity index (χ2v) is 4.36. The van der Waals surface area contributed by atoms with Gasteiger partial charge in [-0.15, -0.1) is 0 Å². The van der Waals surface area contributed by atoms with Crippen molar-refractivity contribution in [1.82, 2.24) is 5.32 Å². The molecule has 0 spiro atoms. The van der Waals surface area contributed by atoms with Crippen LogP contribution in [0.15, 0.2) is 0 Å². The molecule has 13 heavy (non-hydrogen) atoms. The quantitative estimate of drug-likeness (QED) is 0.639. The van der Waals surface area contributed by atoms with Gasteiger partial charge in [-0.3, -0.25) is 0 Å². The molecule has 2 N–H and O–H groups in total. The molecule has 0 aromatic heterocycles. The standard InChI is InChI=1S/C11H25NO/c1-5-9(2)7-12-8-10(3)6-11(4)13/h9-13H,5-8H2,1-4H3. The fourth-order valence-electron chi connectivity index (χ4n) is 1.39. The van der Waals surface area contributed by atoms with Gasteiger partial charge < -0.3 is 10.4 Å². The lowest BCUT2D eigenvalue weighted by Gasteiger charge is -2.16. The van der Waals surface area contributed by atoms with Crippen LogP contribution in [-0.2, 0) is 0 Å². The van der Waals surface area contributed by atoms with Crippen LogP contribution in [0.3, 0.4) is 0 Å². The van der Waals surface area contributed by atoms with Crippen LogP contribution in [0.4, 0.5) is 0 Å². The van der Waals surface area contributed by atoms with Crippen LogP contribution in [0.25, 0.3) is 0 Å². The highest BCUT2D eigenvalue weighted by Crippen LogP contribution is 2.04. The van der Waals surface area contributed by atoms with Gasteiger partial charge in [0.15, 0.2) is 0 Å². The number of aliphatic hydroxyl groups excluding tert-OH is 1. The van der Waals surface area contributed by atoms with E-state index < -0.39 is 0 Å². The minimum absolute atomic E-state index is 0.166. The molecule has 3 unspecified atom stereocenters. The van der Waals surface area contributed by atoms with Gasteiger partial charge in [0.25, 0.3) is 0 Å². The summed E-state index contributed by atoms with van der Waals surface area (Å²) in [6, 6.07) is 0. The Bertz CT molecular complexity index is 115. The summed E-state index contributed by atoms with van der Waals surface area (Å²) in [4.78, 5) is 0. The Morgan fingerprint density at radius 1 is 1.08 bits per heavy atom. The zero-order valence-corrected chi connectivity index (χ0v) is 9.51. The molecule has 0 fully saturated rings. The van der Waals surface area contributed by atoms with Gasteiger partial charge in [-0.25, -0.2) is 0 Å². The van der Waals surface area contributed by atoms with Crippen LogP contribution in [0, 0.1) is 11.8 Å². The first-order chi connectivity index (χ1) is 6.06. The third-order valence-electron chi connectivity index (χ3n) is 2.43. The molecule has 80 valence electrons. The molecule has 3 atom stereocenters. The lowest BCUT2D eigenvalue weighted by molar-refractivity contribution is 0.163. The van der Waals surface area contributed by atoms with E-state index >= 15 is 0 Å². The van der Waals surface area contributed by atoms with E-state index in [0.717, 1.165) is 25.4 Å². The summed E-state index contributed by atoms with van der Waals surface area (Å²) < 4.78 is 0. The maximum absolute atomic E-state index is 9.15. The molecule has 0 aliphatic rings. The van der Waals surface area contributed by atoms with Crippen molar-refractivity contribution in [2.45, 2.75) is 46.6 Å². The Morgan fingerprint density at radius 3 is 2.08 bits per heavy atom. The Hall–Kier alpha value is -0.0800. The lowest BCUT2D eigenvalue weighted by atomic mass is 10.0. The van der Waals surface area contributed by atoms with Crippen LogP contribution >= 0.6 is 0 Å². The summed E-state index contributed by atoms with van der Waals surface area (Å²) in [5.41, 5.74) is 0. The van der Waals surface area contributed by atoms with Gasteiger partial charge in [0.2, 0.25) is 0 Å². The molecule has 0 aliphatic heterocycles. The summed E-state index contributed by atoms with van der Waals surface area (Å²) in [5, 5.41) is 12.6. The van der Waals surface area contributed by atoms with E-state index in [1.807, 2.05) is 6.92 Å². The predicted octanol–water partition coefficient (Wildman–Crippen LogP) is 2.03. The molecular weight excluding hydrogens is 162 g/mol. The fourth-order valence-corrected chi connectivity index (χ4v) is 1.39. The van der Waals surface area contributed by atoms with Gasteiger partial charge >= 0.3 is 0 Å². The summed E-state index contributed by atoms with van der Waals surface area (Å²) >= 11 is 0. The first-order valence-electron chi connectivity index (χ1n) is 5.45. The highest BCUT2D eigenvalue weighted by Gasteiger charge is 2.06. The van der Waals surface area contributed by atoms with Crippen molar-refractivity contribution >= 4 is 0 Å². The van der Waals surface area contributed by atoms with Crippen molar-refractivity contribution in [3.8, 4) is 0 Å². The molecule has 0 aromatic carbocycles. The Morgan fingerprint density at radius 2 is 1.62 bits per heavy atom. The van der Waals surface area contributed by atoms with Crippen molar-refractivity contribution in [3.05, 3.63) is 0 Å². The largest absolute Gasteiger partial charge is 0.393 e. The first kappa shape index (κ1) is 12.9. The van der Waals surface area contributed by atoms with Crippen LogP contribution < -0.4 is 5.32 Å². The number of hydrogen-bond acceptors (Lipinski definition) is 2. The topological polar surface area (TPSA) is 32.3 Å². The second kappa shape index (κ2) is 7.34. The first-order valence-corrected chi connectivity index (χ1v) is 5.45. The minimum atomic E-state index is -0.166. The van der Waals surface area contributed by atoms with E-state index in [1.165, 1.54) is 6.42 Å². The van der Waals surface area contributed by atoms with E-state index in [2.05, 4.69) is 26.1 Å².